The van der Waals surface area contributed by atoms with Gasteiger partial charge in [0.15, 0.2) is 0 Å². The molecule has 3 rings (SSSR count). The lowest BCUT2D eigenvalue weighted by atomic mass is 10.1. The van der Waals surface area contributed by atoms with E-state index in [1.807, 2.05) is 0 Å². The summed E-state index contributed by atoms with van der Waals surface area (Å²) in [5.41, 5.74) is 0.943. The first kappa shape index (κ1) is 14.1. The molecule has 0 spiro atoms. The number of aromatic nitrogens is 3. The number of aryl methyl sites for hydroxylation is 1. The monoisotopic (exact) mass is 351 g/mol. The third-order valence-electron chi connectivity index (χ3n) is 3.65. The first-order valence-corrected chi connectivity index (χ1v) is 7.54. The molecule has 0 bridgehead atoms. The lowest BCUT2D eigenvalue weighted by Gasteiger charge is -2.09. The normalized spacial score (nSPS) is 14.0. The van der Waals surface area contributed by atoms with Crippen LogP contribution in [0, 0.1) is 0 Å². The van der Waals surface area contributed by atoms with Gasteiger partial charge in [-0.25, -0.2) is 14.3 Å². The number of aromatic carboxylic acids is 1. The number of carboxylic acid groups (broad SMARTS) is 1. The third kappa shape index (κ3) is 2.65. The van der Waals surface area contributed by atoms with Crippen molar-refractivity contribution in [2.45, 2.75) is 32.4 Å². The maximum atomic E-state index is 12.3. The summed E-state index contributed by atoms with van der Waals surface area (Å²) in [4.78, 5) is 23.2. The molecule has 21 heavy (non-hydrogen) atoms. The fourth-order valence-electron chi connectivity index (χ4n) is 2.52. The van der Waals surface area contributed by atoms with Crippen LogP contribution in [0.1, 0.15) is 34.6 Å². The molecule has 0 atom stereocenters. The van der Waals surface area contributed by atoms with Crippen molar-refractivity contribution in [3.05, 3.63) is 50.1 Å². The third-order valence-corrected chi connectivity index (χ3v) is 4.39. The number of rotatable bonds is 3. The quantitative estimate of drug-likeness (QED) is 0.915. The summed E-state index contributed by atoms with van der Waals surface area (Å²) < 4.78 is 3.84. The molecule has 2 heterocycles. The average Bonchev–Trinajstić information content (AvgIpc) is 2.78. The summed E-state index contributed by atoms with van der Waals surface area (Å²) in [6.45, 7) is 1.06. The largest absolute Gasteiger partial charge is 0.478 e. The lowest BCUT2D eigenvalue weighted by Crippen LogP contribution is -2.27. The number of carbonyl (C=O) groups is 1. The highest BCUT2D eigenvalue weighted by Crippen LogP contribution is 2.20. The minimum absolute atomic E-state index is 0.0982. The number of halogens is 1. The number of carboxylic acids is 1. The van der Waals surface area contributed by atoms with E-state index in [0.717, 1.165) is 37.2 Å². The average molecular weight is 352 g/mol. The maximum Gasteiger partial charge on any atom is 0.346 e. The molecule has 0 aliphatic carbocycles. The zero-order chi connectivity index (χ0) is 15.0. The zero-order valence-corrected chi connectivity index (χ0v) is 12.8. The van der Waals surface area contributed by atoms with Gasteiger partial charge in [0, 0.05) is 17.4 Å². The molecule has 2 aromatic rings. The van der Waals surface area contributed by atoms with E-state index in [1.165, 1.54) is 10.7 Å². The molecular formula is C14H14BrN3O3. The van der Waals surface area contributed by atoms with Crippen LogP contribution >= 0.6 is 15.9 Å². The molecule has 0 radical (unpaired) electrons. The van der Waals surface area contributed by atoms with E-state index in [2.05, 4.69) is 21.0 Å². The Bertz CT molecular complexity index is 763. The Labute approximate surface area is 129 Å². The van der Waals surface area contributed by atoms with Crippen LogP contribution in [-0.2, 0) is 19.5 Å². The SMILES string of the molecule is O=C(O)c1ccc(Cn2nc3n(c2=O)CCCC3)c(Br)c1. The molecule has 6 nitrogen and oxygen atoms in total. The van der Waals surface area contributed by atoms with E-state index >= 15 is 0 Å². The number of fused-ring (bicyclic) bond motifs is 1. The van der Waals surface area contributed by atoms with Gasteiger partial charge in [-0.05, 0) is 30.5 Å². The number of nitrogens with zero attached hydrogens (tertiary/aromatic N) is 3. The molecule has 1 aliphatic rings. The van der Waals surface area contributed by atoms with Gasteiger partial charge in [0.1, 0.15) is 5.82 Å². The highest BCUT2D eigenvalue weighted by atomic mass is 79.9. The van der Waals surface area contributed by atoms with E-state index in [0.29, 0.717) is 11.0 Å². The van der Waals surface area contributed by atoms with Crippen LogP contribution in [0.15, 0.2) is 27.5 Å². The van der Waals surface area contributed by atoms with Gasteiger partial charge < -0.3 is 5.11 Å². The van der Waals surface area contributed by atoms with E-state index in [9.17, 15) is 9.59 Å². The Morgan fingerprint density at radius 1 is 1.38 bits per heavy atom. The molecule has 110 valence electrons. The predicted octanol–water partition coefficient (Wildman–Crippen LogP) is 1.89. The Balaban J connectivity index is 1.92. The van der Waals surface area contributed by atoms with Crippen LogP contribution < -0.4 is 5.69 Å². The van der Waals surface area contributed by atoms with Crippen molar-refractivity contribution in [2.24, 2.45) is 0 Å². The van der Waals surface area contributed by atoms with Crippen molar-refractivity contribution in [3.8, 4) is 0 Å². The number of benzene rings is 1. The number of hydrogen-bond acceptors (Lipinski definition) is 3. The minimum atomic E-state index is -0.975. The van der Waals surface area contributed by atoms with Gasteiger partial charge in [-0.2, -0.15) is 5.10 Å². The van der Waals surface area contributed by atoms with Crippen molar-refractivity contribution in [1.29, 1.82) is 0 Å². The Kier molecular flexibility index (Phi) is 3.67. The minimum Gasteiger partial charge on any atom is -0.478 e. The predicted molar refractivity (Wildman–Crippen MR) is 79.6 cm³/mol. The molecule has 7 heteroatoms. The van der Waals surface area contributed by atoms with Crippen LogP contribution in [-0.4, -0.2) is 25.4 Å². The van der Waals surface area contributed by atoms with Gasteiger partial charge in [-0.1, -0.05) is 22.0 Å². The van der Waals surface area contributed by atoms with Crippen molar-refractivity contribution in [2.75, 3.05) is 0 Å². The molecule has 0 unspecified atom stereocenters. The van der Waals surface area contributed by atoms with Gasteiger partial charge in [0.05, 0.1) is 12.1 Å². The van der Waals surface area contributed by atoms with Gasteiger partial charge >= 0.3 is 11.7 Å². The molecule has 1 aliphatic heterocycles. The summed E-state index contributed by atoms with van der Waals surface area (Å²) in [5.74, 6) is -0.138. The Hall–Kier alpha value is -1.89. The zero-order valence-electron chi connectivity index (χ0n) is 11.3. The van der Waals surface area contributed by atoms with E-state index in [1.54, 1.807) is 16.7 Å². The van der Waals surface area contributed by atoms with E-state index in [4.69, 9.17) is 5.11 Å². The first-order valence-electron chi connectivity index (χ1n) is 6.74. The smallest absolute Gasteiger partial charge is 0.346 e. The van der Waals surface area contributed by atoms with Crippen LogP contribution in [0.3, 0.4) is 0 Å². The molecule has 0 saturated carbocycles. The van der Waals surface area contributed by atoms with Crippen LogP contribution in [0.2, 0.25) is 0 Å². The molecule has 1 aromatic heterocycles. The highest BCUT2D eigenvalue weighted by Gasteiger charge is 2.17. The molecular weight excluding hydrogens is 338 g/mol. The van der Waals surface area contributed by atoms with Crippen molar-refractivity contribution >= 4 is 21.9 Å². The van der Waals surface area contributed by atoms with Crippen LogP contribution in [0.4, 0.5) is 0 Å². The van der Waals surface area contributed by atoms with Crippen LogP contribution in [0.25, 0.3) is 0 Å². The van der Waals surface area contributed by atoms with Crippen molar-refractivity contribution < 1.29 is 9.90 Å². The van der Waals surface area contributed by atoms with Gasteiger partial charge in [-0.3, -0.25) is 4.57 Å². The second-order valence-corrected chi connectivity index (χ2v) is 5.93. The van der Waals surface area contributed by atoms with E-state index in [-0.39, 0.29) is 11.3 Å². The van der Waals surface area contributed by atoms with Gasteiger partial charge in [0.25, 0.3) is 0 Å². The molecule has 0 saturated heterocycles. The van der Waals surface area contributed by atoms with Gasteiger partial charge in [-0.15, -0.1) is 0 Å². The second-order valence-electron chi connectivity index (χ2n) is 5.08. The van der Waals surface area contributed by atoms with Gasteiger partial charge in [0.2, 0.25) is 0 Å². The summed E-state index contributed by atoms with van der Waals surface area (Å²) in [6.07, 6.45) is 2.91. The highest BCUT2D eigenvalue weighted by molar-refractivity contribution is 9.10. The van der Waals surface area contributed by atoms with Crippen molar-refractivity contribution in [1.82, 2.24) is 14.3 Å². The molecule has 1 aromatic carbocycles. The second kappa shape index (κ2) is 5.48. The fourth-order valence-corrected chi connectivity index (χ4v) is 3.03. The van der Waals surface area contributed by atoms with Crippen LogP contribution in [0.5, 0.6) is 0 Å². The summed E-state index contributed by atoms with van der Waals surface area (Å²) >= 11 is 3.36. The lowest BCUT2D eigenvalue weighted by molar-refractivity contribution is 0.0697. The summed E-state index contributed by atoms with van der Waals surface area (Å²) in [5, 5.41) is 13.3. The molecule has 0 amide bonds. The Morgan fingerprint density at radius 3 is 2.86 bits per heavy atom. The topological polar surface area (TPSA) is 77.1 Å². The molecule has 0 fully saturated rings. The summed E-state index contributed by atoms with van der Waals surface area (Å²) in [7, 11) is 0. The maximum absolute atomic E-state index is 12.3. The number of hydrogen-bond donors (Lipinski definition) is 1. The molecule has 1 N–H and O–H groups in total. The Morgan fingerprint density at radius 2 is 2.19 bits per heavy atom. The van der Waals surface area contributed by atoms with Crippen molar-refractivity contribution in [3.63, 3.8) is 0 Å². The first-order chi connectivity index (χ1) is 10.1. The standard InChI is InChI=1S/C14H14BrN3O3/c15-11-7-9(13(19)20)4-5-10(11)8-18-14(21)17-6-2-1-3-12(17)16-18/h4-5,7H,1-3,6,8H2,(H,19,20). The fraction of sp³-hybridized carbons (Fsp3) is 0.357. The van der Waals surface area contributed by atoms with E-state index < -0.39 is 5.97 Å². The summed E-state index contributed by atoms with van der Waals surface area (Å²) in [6, 6.07) is 4.78.